The minimum Gasteiger partial charge on any atom is -0.493 e. The van der Waals surface area contributed by atoms with Crippen LogP contribution in [0.25, 0.3) is 10.9 Å². The molecule has 0 unspecified atom stereocenters. The lowest BCUT2D eigenvalue weighted by molar-refractivity contribution is 0.102. The van der Waals surface area contributed by atoms with Crippen molar-refractivity contribution in [2.75, 3.05) is 38.4 Å². The van der Waals surface area contributed by atoms with E-state index in [2.05, 4.69) is 27.6 Å². The maximum absolute atomic E-state index is 13.3. The second-order valence-electron chi connectivity index (χ2n) is 10.7. The Balaban J connectivity index is 1.19. The van der Waals surface area contributed by atoms with Crippen LogP contribution >= 0.6 is 0 Å². The number of ether oxygens (including phenoxy) is 2. The van der Waals surface area contributed by atoms with Crippen molar-refractivity contribution in [1.29, 1.82) is 0 Å². The molecule has 0 spiro atoms. The molecule has 0 saturated carbocycles. The number of benzene rings is 4. The first-order valence-corrected chi connectivity index (χ1v) is 14.4. The van der Waals surface area contributed by atoms with Gasteiger partial charge in [-0.1, -0.05) is 42.5 Å². The van der Waals surface area contributed by atoms with Gasteiger partial charge in [-0.2, -0.15) is 0 Å². The predicted octanol–water partition coefficient (Wildman–Crippen LogP) is 6.74. The number of hydrogen-bond donors (Lipinski definition) is 2. The van der Waals surface area contributed by atoms with Gasteiger partial charge in [0.05, 0.1) is 36.6 Å². The van der Waals surface area contributed by atoms with Crippen molar-refractivity contribution in [3.05, 3.63) is 125 Å². The van der Waals surface area contributed by atoms with Crippen LogP contribution in [-0.4, -0.2) is 49.5 Å². The van der Waals surface area contributed by atoms with Crippen molar-refractivity contribution in [1.82, 2.24) is 9.88 Å². The van der Waals surface area contributed by atoms with E-state index in [1.807, 2.05) is 79.7 Å². The molecular formula is C36H36N4O4. The zero-order valence-electron chi connectivity index (χ0n) is 25.4. The highest BCUT2D eigenvalue weighted by atomic mass is 16.5. The topological polar surface area (TPSA) is 92.8 Å². The van der Waals surface area contributed by atoms with Crippen LogP contribution in [0.4, 0.5) is 11.4 Å². The Morgan fingerprint density at radius 2 is 1.55 bits per heavy atom. The SMILES string of the molecule is COc1ccc(CN(C)CCc2ccc(NC(=O)c3ccc(C)cc3NC(=O)c3cnc4ccccc4c3)cc2)cc1OC. The Hall–Kier alpha value is -5.21. The molecule has 0 bridgehead atoms. The predicted molar refractivity (Wildman–Crippen MR) is 175 cm³/mol. The summed E-state index contributed by atoms with van der Waals surface area (Å²) in [5.41, 5.74) is 5.95. The lowest BCUT2D eigenvalue weighted by Gasteiger charge is -2.18. The van der Waals surface area contributed by atoms with Crippen molar-refractivity contribution >= 4 is 34.1 Å². The largest absolute Gasteiger partial charge is 0.493 e. The minimum absolute atomic E-state index is 0.306. The zero-order valence-corrected chi connectivity index (χ0v) is 25.4. The second kappa shape index (κ2) is 13.8. The molecule has 5 aromatic rings. The number of fused-ring (bicyclic) bond motifs is 1. The quantitative estimate of drug-likeness (QED) is 0.178. The third kappa shape index (κ3) is 7.40. The third-order valence-electron chi connectivity index (χ3n) is 7.42. The number of amides is 2. The Bertz CT molecular complexity index is 1790. The van der Waals surface area contributed by atoms with E-state index in [0.717, 1.165) is 52.9 Å². The van der Waals surface area contributed by atoms with Gasteiger partial charge < -0.3 is 25.0 Å². The molecule has 2 amide bonds. The number of aryl methyl sites for hydroxylation is 1. The summed E-state index contributed by atoms with van der Waals surface area (Å²) < 4.78 is 10.8. The summed E-state index contributed by atoms with van der Waals surface area (Å²) >= 11 is 0. The molecule has 5 rings (SSSR count). The number of pyridine rings is 1. The Kier molecular flexibility index (Phi) is 9.52. The number of carbonyl (C=O) groups is 2. The van der Waals surface area contributed by atoms with E-state index in [9.17, 15) is 9.59 Å². The zero-order chi connectivity index (χ0) is 31.1. The molecule has 8 heteroatoms. The summed E-state index contributed by atoms with van der Waals surface area (Å²) in [6.45, 7) is 3.55. The van der Waals surface area contributed by atoms with Crippen molar-refractivity contribution in [2.24, 2.45) is 0 Å². The normalized spacial score (nSPS) is 10.9. The third-order valence-corrected chi connectivity index (χ3v) is 7.42. The van der Waals surface area contributed by atoms with E-state index in [4.69, 9.17) is 9.47 Å². The number of nitrogens with one attached hydrogen (secondary N) is 2. The number of para-hydroxylation sites is 1. The Morgan fingerprint density at radius 1 is 0.795 bits per heavy atom. The molecule has 8 nitrogen and oxygen atoms in total. The average Bonchev–Trinajstić information content (AvgIpc) is 3.04. The molecule has 1 heterocycles. The molecule has 0 atom stereocenters. The van der Waals surface area contributed by atoms with Crippen LogP contribution in [0.1, 0.15) is 37.4 Å². The van der Waals surface area contributed by atoms with Crippen LogP contribution < -0.4 is 20.1 Å². The summed E-state index contributed by atoms with van der Waals surface area (Å²) in [6.07, 6.45) is 2.40. The number of carbonyl (C=O) groups excluding carboxylic acids is 2. The van der Waals surface area contributed by atoms with Gasteiger partial charge in [-0.05, 0) is 85.6 Å². The first-order valence-electron chi connectivity index (χ1n) is 14.4. The summed E-state index contributed by atoms with van der Waals surface area (Å²) in [4.78, 5) is 33.0. The van der Waals surface area contributed by atoms with Crippen LogP contribution in [0, 0.1) is 6.92 Å². The molecule has 0 aliphatic carbocycles. The van der Waals surface area contributed by atoms with Gasteiger partial charge in [-0.25, -0.2) is 0 Å². The highest BCUT2D eigenvalue weighted by Gasteiger charge is 2.16. The lowest BCUT2D eigenvalue weighted by atomic mass is 10.1. The van der Waals surface area contributed by atoms with Crippen LogP contribution in [0.3, 0.4) is 0 Å². The number of nitrogens with zero attached hydrogens (tertiary/aromatic N) is 2. The first-order chi connectivity index (χ1) is 21.3. The molecule has 1 aromatic heterocycles. The highest BCUT2D eigenvalue weighted by Crippen LogP contribution is 2.28. The summed E-state index contributed by atoms with van der Waals surface area (Å²) in [5, 5.41) is 6.74. The molecular weight excluding hydrogens is 552 g/mol. The van der Waals surface area contributed by atoms with Crippen LogP contribution in [0.5, 0.6) is 11.5 Å². The fourth-order valence-electron chi connectivity index (χ4n) is 4.99. The van der Waals surface area contributed by atoms with E-state index < -0.39 is 0 Å². The standard InChI is InChI=1S/C36H36N4O4/c1-24-9-15-30(32(19-24)39-35(41)28-21-27-7-5-6-8-31(27)37-22-28)36(42)38-29-13-10-25(11-14-29)17-18-40(2)23-26-12-16-33(43-3)34(20-26)44-4/h5-16,19-22H,17-18,23H2,1-4H3,(H,38,42)(H,39,41). The Labute approximate surface area is 257 Å². The Morgan fingerprint density at radius 3 is 2.32 bits per heavy atom. The van der Waals surface area contributed by atoms with E-state index >= 15 is 0 Å². The van der Waals surface area contributed by atoms with Gasteiger partial charge in [-0.3, -0.25) is 14.6 Å². The highest BCUT2D eigenvalue weighted by molar-refractivity contribution is 6.13. The summed E-state index contributed by atoms with van der Waals surface area (Å²) in [5.74, 6) is 0.800. The van der Waals surface area contributed by atoms with Gasteiger partial charge >= 0.3 is 0 Å². The van der Waals surface area contributed by atoms with E-state index in [-0.39, 0.29) is 11.8 Å². The number of anilines is 2. The van der Waals surface area contributed by atoms with E-state index in [0.29, 0.717) is 28.3 Å². The number of aromatic nitrogens is 1. The molecule has 44 heavy (non-hydrogen) atoms. The fraction of sp³-hybridized carbons (Fsp3) is 0.194. The average molecular weight is 589 g/mol. The maximum Gasteiger partial charge on any atom is 0.257 e. The number of hydrogen-bond acceptors (Lipinski definition) is 6. The van der Waals surface area contributed by atoms with Crippen molar-refractivity contribution in [3.63, 3.8) is 0 Å². The molecule has 0 radical (unpaired) electrons. The smallest absolute Gasteiger partial charge is 0.257 e. The molecule has 0 aliphatic rings. The second-order valence-corrected chi connectivity index (χ2v) is 10.7. The van der Waals surface area contributed by atoms with Gasteiger partial charge in [0, 0.05) is 30.4 Å². The lowest BCUT2D eigenvalue weighted by Crippen LogP contribution is -2.20. The molecule has 0 aliphatic heterocycles. The number of rotatable bonds is 11. The fourth-order valence-corrected chi connectivity index (χ4v) is 4.99. The van der Waals surface area contributed by atoms with Crippen molar-refractivity contribution < 1.29 is 19.1 Å². The van der Waals surface area contributed by atoms with Gasteiger partial charge in [0.25, 0.3) is 11.8 Å². The van der Waals surface area contributed by atoms with Crippen LogP contribution in [0.2, 0.25) is 0 Å². The molecule has 224 valence electrons. The monoisotopic (exact) mass is 588 g/mol. The van der Waals surface area contributed by atoms with Crippen LogP contribution in [-0.2, 0) is 13.0 Å². The first kappa shape index (κ1) is 30.3. The van der Waals surface area contributed by atoms with E-state index in [1.54, 1.807) is 38.6 Å². The number of methoxy groups -OCH3 is 2. The molecule has 0 fully saturated rings. The van der Waals surface area contributed by atoms with Crippen molar-refractivity contribution in [3.8, 4) is 11.5 Å². The summed E-state index contributed by atoms with van der Waals surface area (Å²) in [7, 11) is 5.35. The van der Waals surface area contributed by atoms with Gasteiger partial charge in [-0.15, -0.1) is 0 Å². The molecule has 2 N–H and O–H groups in total. The molecule has 0 saturated heterocycles. The van der Waals surface area contributed by atoms with Crippen LogP contribution in [0.15, 0.2) is 97.2 Å². The maximum atomic E-state index is 13.3. The van der Waals surface area contributed by atoms with Crippen molar-refractivity contribution in [2.45, 2.75) is 19.9 Å². The van der Waals surface area contributed by atoms with E-state index in [1.165, 1.54) is 0 Å². The van der Waals surface area contributed by atoms with Gasteiger partial charge in [0.2, 0.25) is 0 Å². The minimum atomic E-state index is -0.330. The number of likely N-dealkylation sites (N-methyl/N-ethyl adjacent to an activating group) is 1. The molecule has 4 aromatic carbocycles. The van der Waals surface area contributed by atoms with Gasteiger partial charge in [0.15, 0.2) is 11.5 Å². The van der Waals surface area contributed by atoms with Gasteiger partial charge in [0.1, 0.15) is 0 Å². The summed E-state index contributed by atoms with van der Waals surface area (Å²) in [6, 6.07) is 28.6.